The second-order valence-corrected chi connectivity index (χ2v) is 8.32. The average molecular weight is 471 g/mol. The third-order valence-corrected chi connectivity index (χ3v) is 6.07. The predicted molar refractivity (Wildman–Crippen MR) is 117 cm³/mol. The number of ether oxygens (including phenoxy) is 1. The molecule has 11 heteroatoms. The van der Waals surface area contributed by atoms with Gasteiger partial charge in [-0.1, -0.05) is 6.07 Å². The van der Waals surface area contributed by atoms with Crippen molar-refractivity contribution in [1.29, 1.82) is 0 Å². The molecule has 1 atom stereocenters. The third-order valence-electron chi connectivity index (χ3n) is 6.07. The molecule has 1 spiro atoms. The first kappa shape index (κ1) is 22.0. The van der Waals surface area contributed by atoms with E-state index in [0.29, 0.717) is 23.4 Å². The summed E-state index contributed by atoms with van der Waals surface area (Å²) in [7, 11) is 0. The number of fused-ring (bicyclic) bond motifs is 2. The lowest BCUT2D eigenvalue weighted by Gasteiger charge is -2.32. The highest BCUT2D eigenvalue weighted by molar-refractivity contribution is 6.04. The summed E-state index contributed by atoms with van der Waals surface area (Å²) in [4.78, 5) is 32.6. The second-order valence-electron chi connectivity index (χ2n) is 8.32. The van der Waals surface area contributed by atoms with Crippen LogP contribution >= 0.6 is 0 Å². The largest absolute Gasteiger partial charge is 0.573 e. The number of carbonyl (C=O) groups excluding carboxylic acids is 2. The number of benzene rings is 1. The van der Waals surface area contributed by atoms with Crippen molar-refractivity contribution in [1.82, 2.24) is 20.6 Å². The molecular weight excluding hydrogens is 451 g/mol. The number of nitrogens with one attached hydrogen (secondary N) is 4. The maximum atomic E-state index is 12.6. The Kier molecular flexibility index (Phi) is 5.28. The van der Waals surface area contributed by atoms with Crippen molar-refractivity contribution in [3.8, 4) is 17.0 Å². The van der Waals surface area contributed by atoms with Gasteiger partial charge in [0.05, 0.1) is 5.56 Å². The Balaban J connectivity index is 1.39. The summed E-state index contributed by atoms with van der Waals surface area (Å²) >= 11 is 0. The monoisotopic (exact) mass is 471 g/mol. The van der Waals surface area contributed by atoms with Crippen LogP contribution < -0.4 is 20.7 Å². The van der Waals surface area contributed by atoms with Gasteiger partial charge in [0.1, 0.15) is 11.6 Å². The van der Waals surface area contributed by atoms with Crippen LogP contribution in [-0.4, -0.2) is 47.8 Å². The number of pyridine rings is 1. The number of halogens is 3. The number of carbonyl (C=O) groups is 2. The van der Waals surface area contributed by atoms with Gasteiger partial charge in [-0.05, 0) is 49.4 Å². The third kappa shape index (κ3) is 4.21. The molecule has 2 aliphatic heterocycles. The van der Waals surface area contributed by atoms with E-state index in [2.05, 4.69) is 30.7 Å². The summed E-state index contributed by atoms with van der Waals surface area (Å²) in [5.74, 6) is -1.07. The summed E-state index contributed by atoms with van der Waals surface area (Å²) in [6.07, 6.45) is -2.46. The normalized spacial score (nSPS) is 19.6. The lowest BCUT2D eigenvalue weighted by Crippen LogP contribution is -2.48. The summed E-state index contributed by atoms with van der Waals surface area (Å²) in [5, 5.41) is 8.90. The Morgan fingerprint density at radius 3 is 2.76 bits per heavy atom. The van der Waals surface area contributed by atoms with Crippen molar-refractivity contribution in [3.63, 3.8) is 0 Å². The van der Waals surface area contributed by atoms with Gasteiger partial charge in [0.15, 0.2) is 0 Å². The van der Waals surface area contributed by atoms with Crippen LogP contribution in [0.4, 0.5) is 19.0 Å². The first-order chi connectivity index (χ1) is 16.2. The maximum Gasteiger partial charge on any atom is 0.573 e. The van der Waals surface area contributed by atoms with Gasteiger partial charge in [0.25, 0.3) is 11.8 Å². The standard InChI is InChI=1S/C23H20F3N5O3/c24-23(25,26)34-15-3-1-2-14(8-15)20(32)31-18-9-13(4-6-28-18)17-10-16-19(30-17)22(5-7-27-11-22)12-29-21(16)33/h1-4,6,8-10,27,30H,5,7,11-12H2,(H,29,33)(H,28,31,32). The van der Waals surface area contributed by atoms with Gasteiger partial charge in [0.2, 0.25) is 0 Å². The molecule has 5 rings (SSSR count). The van der Waals surface area contributed by atoms with Gasteiger partial charge in [-0.15, -0.1) is 13.2 Å². The fourth-order valence-corrected chi connectivity index (χ4v) is 4.44. The topological polar surface area (TPSA) is 108 Å². The molecule has 1 fully saturated rings. The number of hydrogen-bond acceptors (Lipinski definition) is 5. The Labute approximate surface area is 191 Å². The predicted octanol–water partition coefficient (Wildman–Crippen LogP) is 3.20. The van der Waals surface area contributed by atoms with Gasteiger partial charge < -0.3 is 25.7 Å². The molecule has 0 saturated carbocycles. The first-order valence-electron chi connectivity index (χ1n) is 10.6. The Morgan fingerprint density at radius 1 is 1.15 bits per heavy atom. The molecule has 8 nitrogen and oxygen atoms in total. The molecule has 1 unspecified atom stereocenters. The molecule has 2 aliphatic rings. The molecular formula is C23H20F3N5O3. The molecule has 4 N–H and O–H groups in total. The second kappa shape index (κ2) is 8.17. The van der Waals surface area contributed by atoms with Gasteiger partial charge >= 0.3 is 6.36 Å². The lowest BCUT2D eigenvalue weighted by molar-refractivity contribution is -0.274. The number of alkyl halides is 3. The molecule has 1 aromatic carbocycles. The minimum absolute atomic E-state index is 0.0170. The quantitative estimate of drug-likeness (QED) is 0.468. The van der Waals surface area contributed by atoms with Crippen molar-refractivity contribution in [2.45, 2.75) is 18.2 Å². The van der Waals surface area contributed by atoms with E-state index in [1.54, 1.807) is 18.2 Å². The van der Waals surface area contributed by atoms with E-state index >= 15 is 0 Å². The average Bonchev–Trinajstić information content (AvgIpc) is 3.45. The molecule has 34 heavy (non-hydrogen) atoms. The van der Waals surface area contributed by atoms with Crippen molar-refractivity contribution in [3.05, 3.63) is 65.5 Å². The molecule has 0 radical (unpaired) electrons. The number of aromatic amines is 1. The van der Waals surface area contributed by atoms with Gasteiger partial charge in [-0.25, -0.2) is 4.98 Å². The number of H-pyrrole nitrogens is 1. The summed E-state index contributed by atoms with van der Waals surface area (Å²) in [5.41, 5.74) is 2.68. The van der Waals surface area contributed by atoms with Gasteiger partial charge in [0, 0.05) is 47.2 Å². The molecule has 176 valence electrons. The maximum absolute atomic E-state index is 12.6. The molecule has 2 amide bonds. The van der Waals surface area contributed by atoms with Crippen molar-refractivity contribution < 1.29 is 27.5 Å². The summed E-state index contributed by atoms with van der Waals surface area (Å²) < 4.78 is 41.3. The zero-order chi connectivity index (χ0) is 23.9. The van der Waals surface area contributed by atoms with Crippen LogP contribution in [0.1, 0.15) is 32.8 Å². The van der Waals surface area contributed by atoms with Crippen molar-refractivity contribution in [2.75, 3.05) is 25.0 Å². The number of nitrogens with zero attached hydrogens (tertiary/aromatic N) is 1. The lowest BCUT2D eigenvalue weighted by atomic mass is 9.79. The SMILES string of the molecule is O=C(Nc1cc(-c2cc3c([nH]2)C2(CCNC2)CNC3=O)ccn1)c1cccc(OC(F)(F)F)c1. The molecule has 3 aromatic rings. The fraction of sp³-hybridized carbons (Fsp3) is 0.261. The van der Waals surface area contributed by atoms with Crippen LogP contribution in [0.25, 0.3) is 11.3 Å². The Bertz CT molecular complexity index is 1260. The van der Waals surface area contributed by atoms with Crippen molar-refractivity contribution >= 4 is 17.6 Å². The minimum atomic E-state index is -4.86. The molecule has 1 saturated heterocycles. The number of hydrogen-bond donors (Lipinski definition) is 4. The van der Waals surface area contributed by atoms with Crippen LogP contribution in [0.5, 0.6) is 5.75 Å². The fourth-order valence-electron chi connectivity index (χ4n) is 4.44. The van der Waals surface area contributed by atoms with E-state index in [0.717, 1.165) is 37.3 Å². The zero-order valence-corrected chi connectivity index (χ0v) is 17.8. The van der Waals surface area contributed by atoms with Crippen LogP contribution in [0.15, 0.2) is 48.7 Å². The van der Waals surface area contributed by atoms with Crippen LogP contribution in [0.2, 0.25) is 0 Å². The highest BCUT2D eigenvalue weighted by atomic mass is 19.4. The highest BCUT2D eigenvalue weighted by Crippen LogP contribution is 2.37. The van der Waals surface area contributed by atoms with E-state index in [1.165, 1.54) is 18.3 Å². The van der Waals surface area contributed by atoms with E-state index in [4.69, 9.17) is 0 Å². The number of aromatic nitrogens is 2. The van der Waals surface area contributed by atoms with E-state index < -0.39 is 18.0 Å². The highest BCUT2D eigenvalue weighted by Gasteiger charge is 2.43. The summed E-state index contributed by atoms with van der Waals surface area (Å²) in [6.45, 7) is 2.18. The minimum Gasteiger partial charge on any atom is -0.406 e. The molecule has 0 bridgehead atoms. The Morgan fingerprint density at radius 2 is 2.00 bits per heavy atom. The van der Waals surface area contributed by atoms with E-state index in [1.807, 2.05) is 0 Å². The first-order valence-corrected chi connectivity index (χ1v) is 10.6. The Hall–Kier alpha value is -3.86. The smallest absolute Gasteiger partial charge is 0.406 e. The molecule has 2 aromatic heterocycles. The van der Waals surface area contributed by atoms with E-state index in [-0.39, 0.29) is 22.7 Å². The molecule has 4 heterocycles. The van der Waals surface area contributed by atoms with E-state index in [9.17, 15) is 22.8 Å². The zero-order valence-electron chi connectivity index (χ0n) is 17.8. The van der Waals surface area contributed by atoms with Crippen molar-refractivity contribution in [2.24, 2.45) is 0 Å². The van der Waals surface area contributed by atoms with Crippen LogP contribution in [-0.2, 0) is 5.41 Å². The van der Waals surface area contributed by atoms with Crippen LogP contribution in [0, 0.1) is 0 Å². The van der Waals surface area contributed by atoms with Crippen LogP contribution in [0.3, 0.4) is 0 Å². The van der Waals surface area contributed by atoms with Gasteiger partial charge in [-0.3, -0.25) is 9.59 Å². The van der Waals surface area contributed by atoms with Gasteiger partial charge in [-0.2, -0.15) is 0 Å². The summed E-state index contributed by atoms with van der Waals surface area (Å²) in [6, 6.07) is 9.92. The molecule has 0 aliphatic carbocycles. The number of anilines is 1. The number of rotatable bonds is 4. The number of amides is 2.